The van der Waals surface area contributed by atoms with E-state index in [9.17, 15) is 4.79 Å². The molecule has 0 fully saturated rings. The number of nitrogens with two attached hydrogens (primary N) is 1. The summed E-state index contributed by atoms with van der Waals surface area (Å²) in [4.78, 5) is 9.80. The summed E-state index contributed by atoms with van der Waals surface area (Å²) < 4.78 is 0. The van der Waals surface area contributed by atoms with E-state index in [4.69, 9.17) is 10.8 Å². The number of carboxylic acids is 1. The first-order valence-electron chi connectivity index (χ1n) is 1.77. The van der Waals surface area contributed by atoms with E-state index >= 15 is 0 Å². The van der Waals surface area contributed by atoms with Crippen LogP contribution in [-0.2, 0) is 4.79 Å². The molecule has 0 saturated carbocycles. The van der Waals surface area contributed by atoms with Crippen LogP contribution in [0.4, 0.5) is 0 Å². The van der Waals surface area contributed by atoms with E-state index in [1.54, 1.807) is 0 Å². The first-order valence-corrected chi connectivity index (χ1v) is 3.10. The predicted molar refractivity (Wildman–Crippen MR) is 33.3 cm³/mol. The van der Waals surface area contributed by atoms with Crippen molar-refractivity contribution >= 4 is 39.1 Å². The molecule has 0 aliphatic carbocycles. The van der Waals surface area contributed by atoms with Crippen LogP contribution in [0.5, 0.6) is 0 Å². The van der Waals surface area contributed by atoms with Crippen molar-refractivity contribution in [3.63, 3.8) is 0 Å². The Labute approximate surface area is 66.3 Å². The molecule has 0 unspecified atom stereocenters. The van der Waals surface area contributed by atoms with Gasteiger partial charge < -0.3 is 0 Å². The van der Waals surface area contributed by atoms with Crippen molar-refractivity contribution in [1.29, 1.82) is 0 Å². The van der Waals surface area contributed by atoms with Crippen LogP contribution < -0.4 is 5.73 Å². The van der Waals surface area contributed by atoms with Gasteiger partial charge in [0.15, 0.2) is 0 Å². The van der Waals surface area contributed by atoms with Crippen molar-refractivity contribution in [3.8, 4) is 0 Å². The van der Waals surface area contributed by atoms with Gasteiger partial charge in [-0.05, 0) is 0 Å². The van der Waals surface area contributed by atoms with Gasteiger partial charge in [-0.15, -0.1) is 0 Å². The van der Waals surface area contributed by atoms with Crippen LogP contribution in [0.2, 0.25) is 5.32 Å². The molecule has 5 heteroatoms. The van der Waals surface area contributed by atoms with Crippen molar-refractivity contribution in [1.82, 2.24) is 0 Å². The fourth-order valence-electron chi connectivity index (χ4n) is 0.0781. The summed E-state index contributed by atoms with van der Waals surface area (Å²) in [5.74, 6) is -0.944. The standard InChI is InChI=1S/C3H7NO2Se.Se/c4-2(1-7)3(5)6;/h2,7H,1,4H2,(H,5,6);/t2-;/m0./s1. The molecule has 3 N–H and O–H groups in total. The summed E-state index contributed by atoms with van der Waals surface area (Å²) in [6.45, 7) is 0. The van der Waals surface area contributed by atoms with Gasteiger partial charge in [-0.2, -0.15) is 0 Å². The number of hydrogen-bond donors (Lipinski definition) is 2. The van der Waals surface area contributed by atoms with Gasteiger partial charge >= 0.3 is 49.0 Å². The molecule has 0 aliphatic heterocycles. The Bertz CT molecular complexity index is 77.7. The number of rotatable bonds is 2. The molecule has 0 aromatic heterocycles. The largest absolute Gasteiger partial charge is 0 e. The fraction of sp³-hybridized carbons (Fsp3) is 0.667. The molecule has 0 bridgehead atoms. The third kappa shape index (κ3) is 4.62. The van der Waals surface area contributed by atoms with Gasteiger partial charge in [0.25, 0.3) is 0 Å². The molecule has 0 rings (SSSR count). The molecule has 0 heterocycles. The predicted octanol–water partition coefficient (Wildman–Crippen LogP) is -1.66. The molecule has 48 valence electrons. The van der Waals surface area contributed by atoms with Crippen molar-refractivity contribution in [2.24, 2.45) is 5.73 Å². The van der Waals surface area contributed by atoms with Crippen LogP contribution >= 0.6 is 0 Å². The van der Waals surface area contributed by atoms with Crippen LogP contribution in [0.3, 0.4) is 0 Å². The molecular formula is C3H7NO2Se2. The quantitative estimate of drug-likeness (QED) is 0.574. The monoisotopic (exact) mass is 249 g/mol. The number of aliphatic carboxylic acids is 1. The van der Waals surface area contributed by atoms with E-state index in [0.717, 1.165) is 0 Å². The molecule has 0 spiro atoms. The molecule has 0 saturated heterocycles. The molecule has 0 aromatic rings. The summed E-state index contributed by atoms with van der Waals surface area (Å²) in [6.07, 6.45) is 0. The number of carboxylic acid groups (broad SMARTS) is 1. The van der Waals surface area contributed by atoms with Crippen molar-refractivity contribution in [3.05, 3.63) is 0 Å². The molecule has 2 radical (unpaired) electrons. The molecule has 3 nitrogen and oxygen atoms in total. The fourth-order valence-corrected chi connectivity index (χ4v) is 0.406. The Morgan fingerprint density at radius 3 is 2.25 bits per heavy atom. The second kappa shape index (κ2) is 5.60. The van der Waals surface area contributed by atoms with Gasteiger partial charge in [-0.3, -0.25) is 0 Å². The minimum Gasteiger partial charge on any atom is 0 e. The van der Waals surface area contributed by atoms with E-state index in [2.05, 4.69) is 16.0 Å². The van der Waals surface area contributed by atoms with E-state index in [1.807, 2.05) is 0 Å². The first kappa shape index (κ1) is 11.3. The molecule has 8 heavy (non-hydrogen) atoms. The Balaban J connectivity index is 0. The van der Waals surface area contributed by atoms with Crippen LogP contribution in [0, 0.1) is 0 Å². The van der Waals surface area contributed by atoms with E-state index in [1.165, 1.54) is 0 Å². The van der Waals surface area contributed by atoms with Crippen molar-refractivity contribution < 1.29 is 9.90 Å². The molecule has 0 aromatic carbocycles. The summed E-state index contributed by atoms with van der Waals surface area (Å²) in [5, 5.41) is 8.48. The van der Waals surface area contributed by atoms with Crippen LogP contribution in [0.15, 0.2) is 0 Å². The zero-order chi connectivity index (χ0) is 5.86. The zero-order valence-corrected chi connectivity index (χ0v) is 7.66. The van der Waals surface area contributed by atoms with Crippen LogP contribution in [0.1, 0.15) is 0 Å². The number of hydrogen-bond acceptors (Lipinski definition) is 2. The van der Waals surface area contributed by atoms with Gasteiger partial charge in [-0.25, -0.2) is 0 Å². The molecule has 0 amide bonds. The second-order valence-corrected chi connectivity index (χ2v) is 1.89. The maximum atomic E-state index is 9.80. The summed E-state index contributed by atoms with van der Waals surface area (Å²) >= 11 is 2.13. The first-order chi connectivity index (χ1) is 3.18. The summed E-state index contributed by atoms with van der Waals surface area (Å²) in [6, 6.07) is -0.708. The second-order valence-electron chi connectivity index (χ2n) is 1.13. The molecular weight excluding hydrogens is 240 g/mol. The zero-order valence-electron chi connectivity index (χ0n) is 4.07. The third-order valence-electron chi connectivity index (χ3n) is 0.514. The van der Waals surface area contributed by atoms with Gasteiger partial charge in [0.1, 0.15) is 0 Å². The minimum absolute atomic E-state index is 0. The van der Waals surface area contributed by atoms with E-state index in [0.29, 0.717) is 5.32 Å². The average Bonchev–Trinajstić information content (AvgIpc) is 1.65. The third-order valence-corrected chi connectivity index (χ3v) is 1.34. The maximum absolute atomic E-state index is 9.80. The number of carbonyl (C=O) groups is 1. The summed E-state index contributed by atoms with van der Waals surface area (Å²) in [5.41, 5.74) is 5.00. The Hall–Kier alpha value is 0.469. The van der Waals surface area contributed by atoms with E-state index in [-0.39, 0.29) is 17.1 Å². The molecule has 0 aliphatic rings. The van der Waals surface area contributed by atoms with E-state index < -0.39 is 12.0 Å². The van der Waals surface area contributed by atoms with Crippen molar-refractivity contribution in [2.75, 3.05) is 0 Å². The summed E-state index contributed by atoms with van der Waals surface area (Å²) in [7, 11) is 0. The smallest absolute Gasteiger partial charge is 0 e. The minimum atomic E-state index is -0.944. The average molecular weight is 247 g/mol. The Kier molecular flexibility index (Phi) is 7.91. The van der Waals surface area contributed by atoms with Gasteiger partial charge in [0, 0.05) is 17.1 Å². The van der Waals surface area contributed by atoms with Gasteiger partial charge in [0.2, 0.25) is 0 Å². The normalized spacial score (nSPS) is 11.8. The Morgan fingerprint density at radius 2 is 2.25 bits per heavy atom. The Morgan fingerprint density at radius 1 is 1.88 bits per heavy atom. The molecule has 1 atom stereocenters. The van der Waals surface area contributed by atoms with Crippen molar-refractivity contribution in [2.45, 2.75) is 11.4 Å². The van der Waals surface area contributed by atoms with Crippen LogP contribution in [-0.4, -0.2) is 50.2 Å². The maximum Gasteiger partial charge on any atom is 0 e. The van der Waals surface area contributed by atoms with Gasteiger partial charge in [0.05, 0.1) is 0 Å². The van der Waals surface area contributed by atoms with Gasteiger partial charge in [-0.1, -0.05) is 0 Å². The SMILES string of the molecule is N[C@@H](C[SeH])C(=O)O.[Se]. The topological polar surface area (TPSA) is 63.3 Å². The van der Waals surface area contributed by atoms with Crippen LogP contribution in [0.25, 0.3) is 0 Å².